The molecule has 160 valence electrons. The van der Waals surface area contributed by atoms with E-state index in [1.165, 1.54) is 60.3 Å². The molecule has 2 heterocycles. The third-order valence-corrected chi connectivity index (χ3v) is 6.76. The molecule has 0 amide bonds. The van der Waals surface area contributed by atoms with E-state index in [-0.39, 0.29) is 0 Å². The first-order valence-corrected chi connectivity index (χ1v) is 11.6. The maximum atomic E-state index is 4.88. The monoisotopic (exact) mass is 404 g/mol. The largest absolute Gasteiger partial charge is 0.272 e. The molecule has 1 aliphatic carbocycles. The highest BCUT2D eigenvalue weighted by molar-refractivity contribution is 5.60. The van der Waals surface area contributed by atoms with E-state index in [4.69, 9.17) is 10.2 Å². The zero-order valence-corrected chi connectivity index (χ0v) is 19.2. The van der Waals surface area contributed by atoms with Gasteiger partial charge in [-0.15, -0.1) is 0 Å². The van der Waals surface area contributed by atoms with Gasteiger partial charge in [-0.05, 0) is 42.9 Å². The highest BCUT2D eigenvalue weighted by atomic mass is 15.3. The maximum absolute atomic E-state index is 4.88. The van der Waals surface area contributed by atoms with E-state index >= 15 is 0 Å². The van der Waals surface area contributed by atoms with Gasteiger partial charge < -0.3 is 0 Å². The molecule has 0 bridgehead atoms. The van der Waals surface area contributed by atoms with Gasteiger partial charge in [0.1, 0.15) is 0 Å². The minimum absolute atomic E-state index is 0.452. The second-order valence-electron chi connectivity index (χ2n) is 9.49. The van der Waals surface area contributed by atoms with Gasteiger partial charge in [0.15, 0.2) is 0 Å². The summed E-state index contributed by atoms with van der Waals surface area (Å²) < 4.78 is 4.12. The van der Waals surface area contributed by atoms with Crippen LogP contribution in [0.15, 0.2) is 36.4 Å². The molecule has 2 aromatic heterocycles. The summed E-state index contributed by atoms with van der Waals surface area (Å²) in [5, 5.41) is 9.59. The van der Waals surface area contributed by atoms with Crippen molar-refractivity contribution in [3.05, 3.63) is 59.0 Å². The molecule has 3 aromatic rings. The Kier molecular flexibility index (Phi) is 6.12. The van der Waals surface area contributed by atoms with Crippen LogP contribution in [0.3, 0.4) is 0 Å². The Morgan fingerprint density at radius 2 is 1.53 bits per heavy atom. The topological polar surface area (TPSA) is 35.6 Å². The lowest BCUT2D eigenvalue weighted by atomic mass is 9.86. The average molecular weight is 405 g/mol. The van der Waals surface area contributed by atoms with Crippen LogP contribution in [-0.2, 0) is 20.5 Å². The minimum atomic E-state index is 0.452. The molecule has 0 aliphatic heterocycles. The Labute approximate surface area is 181 Å². The minimum Gasteiger partial charge on any atom is -0.272 e. The number of hydrogen-bond acceptors (Lipinski definition) is 2. The van der Waals surface area contributed by atoms with E-state index in [0.29, 0.717) is 17.8 Å². The number of nitrogens with zero attached hydrogens (tertiary/aromatic N) is 4. The highest BCUT2D eigenvalue weighted by Crippen LogP contribution is 2.33. The lowest BCUT2D eigenvalue weighted by Gasteiger charge is -2.19. The lowest BCUT2D eigenvalue weighted by Crippen LogP contribution is -2.06. The predicted molar refractivity (Wildman–Crippen MR) is 124 cm³/mol. The van der Waals surface area contributed by atoms with Crippen LogP contribution in [0.5, 0.6) is 0 Å². The summed E-state index contributed by atoms with van der Waals surface area (Å²) in [6.45, 7) is 6.75. The smallest absolute Gasteiger partial charge is 0.0926 e. The summed E-state index contributed by atoms with van der Waals surface area (Å²) in [7, 11) is 4.14. The molecule has 1 saturated carbocycles. The third-order valence-electron chi connectivity index (χ3n) is 6.76. The fourth-order valence-corrected chi connectivity index (χ4v) is 5.00. The fraction of sp³-hybridized carbons (Fsp3) is 0.538. The van der Waals surface area contributed by atoms with Crippen molar-refractivity contribution in [2.24, 2.45) is 14.1 Å². The molecule has 0 saturated heterocycles. The normalized spacial score (nSPS) is 16.3. The third kappa shape index (κ3) is 4.38. The molecule has 0 radical (unpaired) electrons. The molecule has 0 N–H and O–H groups in total. The molecule has 1 aliphatic rings. The predicted octanol–water partition coefficient (Wildman–Crippen LogP) is 6.34. The van der Waals surface area contributed by atoms with Gasteiger partial charge in [0.25, 0.3) is 0 Å². The van der Waals surface area contributed by atoms with Gasteiger partial charge in [0.2, 0.25) is 0 Å². The standard InChI is InChI=1S/C26H36N4/c1-18(2)25-16-23(27-29(25)4)22-13-11-20(12-14-22)15-19(3)26-17-24(28-30(26)5)21-9-7-6-8-10-21/h11-14,16-19,21H,6-10,15H2,1-5H3. The molecule has 4 heteroatoms. The van der Waals surface area contributed by atoms with E-state index in [9.17, 15) is 0 Å². The van der Waals surface area contributed by atoms with Crippen LogP contribution in [0, 0.1) is 0 Å². The molecule has 1 aromatic carbocycles. The molecule has 1 fully saturated rings. The van der Waals surface area contributed by atoms with E-state index in [1.807, 2.05) is 11.7 Å². The molecule has 4 rings (SSSR count). The Hall–Kier alpha value is -2.36. The van der Waals surface area contributed by atoms with E-state index < -0.39 is 0 Å². The maximum Gasteiger partial charge on any atom is 0.0926 e. The van der Waals surface area contributed by atoms with Crippen LogP contribution in [0.2, 0.25) is 0 Å². The summed E-state index contributed by atoms with van der Waals surface area (Å²) in [5.74, 6) is 1.60. The number of rotatable bonds is 6. The molecule has 1 unspecified atom stereocenters. The summed E-state index contributed by atoms with van der Waals surface area (Å²) in [5.41, 5.74) is 7.55. The van der Waals surface area contributed by atoms with Crippen molar-refractivity contribution in [1.82, 2.24) is 19.6 Å². The Bertz CT molecular complexity index is 971. The van der Waals surface area contributed by atoms with Crippen molar-refractivity contribution in [3.8, 4) is 11.3 Å². The fourth-order valence-electron chi connectivity index (χ4n) is 5.00. The Balaban J connectivity index is 1.45. The second-order valence-corrected chi connectivity index (χ2v) is 9.49. The molecular formula is C26H36N4. The zero-order valence-electron chi connectivity index (χ0n) is 19.2. The zero-order chi connectivity index (χ0) is 21.3. The Morgan fingerprint density at radius 1 is 0.867 bits per heavy atom. The van der Waals surface area contributed by atoms with E-state index in [1.54, 1.807) is 0 Å². The number of benzene rings is 1. The molecular weight excluding hydrogens is 368 g/mol. The van der Waals surface area contributed by atoms with Crippen LogP contribution in [-0.4, -0.2) is 19.6 Å². The van der Waals surface area contributed by atoms with Crippen LogP contribution in [0.4, 0.5) is 0 Å². The molecule has 30 heavy (non-hydrogen) atoms. The van der Waals surface area contributed by atoms with Gasteiger partial charge in [-0.2, -0.15) is 10.2 Å². The first-order chi connectivity index (χ1) is 14.4. The quantitative estimate of drug-likeness (QED) is 0.481. The number of aryl methyl sites for hydroxylation is 2. The van der Waals surface area contributed by atoms with Crippen molar-refractivity contribution in [2.45, 2.75) is 77.0 Å². The van der Waals surface area contributed by atoms with Crippen molar-refractivity contribution in [1.29, 1.82) is 0 Å². The summed E-state index contributed by atoms with van der Waals surface area (Å²) in [6, 6.07) is 13.5. The number of aromatic nitrogens is 4. The van der Waals surface area contributed by atoms with E-state index in [0.717, 1.165) is 12.1 Å². The van der Waals surface area contributed by atoms with Crippen LogP contribution in [0.25, 0.3) is 11.3 Å². The summed E-state index contributed by atoms with van der Waals surface area (Å²) >= 11 is 0. The van der Waals surface area contributed by atoms with Crippen LogP contribution < -0.4 is 0 Å². The molecule has 1 atom stereocenters. The highest BCUT2D eigenvalue weighted by Gasteiger charge is 2.21. The SMILES string of the molecule is CC(C)c1cc(-c2ccc(CC(C)c3cc(C4CCCCC4)nn3C)cc2)nn1C. The van der Waals surface area contributed by atoms with Gasteiger partial charge in [-0.1, -0.05) is 64.3 Å². The van der Waals surface area contributed by atoms with Gasteiger partial charge in [0, 0.05) is 42.9 Å². The van der Waals surface area contributed by atoms with Gasteiger partial charge in [-0.25, -0.2) is 0 Å². The summed E-state index contributed by atoms with van der Waals surface area (Å²) in [6.07, 6.45) is 7.74. The van der Waals surface area contributed by atoms with E-state index in [2.05, 4.69) is 68.9 Å². The van der Waals surface area contributed by atoms with Crippen molar-refractivity contribution >= 4 is 0 Å². The van der Waals surface area contributed by atoms with Gasteiger partial charge in [-0.3, -0.25) is 9.36 Å². The van der Waals surface area contributed by atoms with Crippen molar-refractivity contribution in [3.63, 3.8) is 0 Å². The molecule has 4 nitrogen and oxygen atoms in total. The van der Waals surface area contributed by atoms with Crippen LogP contribution >= 0.6 is 0 Å². The summed E-state index contributed by atoms with van der Waals surface area (Å²) in [4.78, 5) is 0. The van der Waals surface area contributed by atoms with Crippen molar-refractivity contribution < 1.29 is 0 Å². The first kappa shape index (κ1) is 20.9. The average Bonchev–Trinajstić information content (AvgIpc) is 3.32. The number of hydrogen-bond donors (Lipinski definition) is 0. The van der Waals surface area contributed by atoms with Gasteiger partial charge in [0.05, 0.1) is 11.4 Å². The lowest BCUT2D eigenvalue weighted by molar-refractivity contribution is 0.433. The first-order valence-electron chi connectivity index (χ1n) is 11.6. The molecule has 0 spiro atoms. The van der Waals surface area contributed by atoms with Crippen LogP contribution in [0.1, 0.15) is 93.3 Å². The van der Waals surface area contributed by atoms with Gasteiger partial charge >= 0.3 is 0 Å². The van der Waals surface area contributed by atoms with Crippen molar-refractivity contribution in [2.75, 3.05) is 0 Å². The Morgan fingerprint density at radius 3 is 2.17 bits per heavy atom. The second kappa shape index (κ2) is 8.79.